The van der Waals surface area contributed by atoms with Gasteiger partial charge in [0.15, 0.2) is 0 Å². The summed E-state index contributed by atoms with van der Waals surface area (Å²) in [5.41, 5.74) is 0.531. The molecule has 20 heavy (non-hydrogen) atoms. The SMILES string of the molecule is Cc1ccc(S(=O)(=O)N2CCS(=O)c3ccccc32)s1. The zero-order valence-corrected chi connectivity index (χ0v) is 13.2. The molecule has 0 radical (unpaired) electrons. The van der Waals surface area contributed by atoms with Crippen LogP contribution in [0.1, 0.15) is 4.88 Å². The average Bonchev–Trinajstić information content (AvgIpc) is 2.87. The van der Waals surface area contributed by atoms with E-state index >= 15 is 0 Å². The molecule has 7 heteroatoms. The first kappa shape index (κ1) is 13.8. The molecule has 1 aromatic carbocycles. The Hall–Kier alpha value is -1.18. The fourth-order valence-corrected chi connectivity index (χ4v) is 6.43. The van der Waals surface area contributed by atoms with Crippen molar-refractivity contribution in [2.45, 2.75) is 16.0 Å². The molecule has 2 aromatic rings. The fourth-order valence-electron chi connectivity index (χ4n) is 2.16. The normalized spacial score (nSPS) is 18.9. The van der Waals surface area contributed by atoms with Crippen LogP contribution in [0.15, 0.2) is 45.5 Å². The van der Waals surface area contributed by atoms with Crippen LogP contribution in [0.5, 0.6) is 0 Å². The van der Waals surface area contributed by atoms with Gasteiger partial charge in [0.1, 0.15) is 4.21 Å². The van der Waals surface area contributed by atoms with E-state index in [9.17, 15) is 12.6 Å². The van der Waals surface area contributed by atoms with Gasteiger partial charge in [-0.1, -0.05) is 12.1 Å². The highest BCUT2D eigenvalue weighted by atomic mass is 32.2. The molecule has 1 aliphatic rings. The number of benzene rings is 1. The van der Waals surface area contributed by atoms with Crippen molar-refractivity contribution in [2.75, 3.05) is 16.6 Å². The molecular formula is C13H13NO3S3. The summed E-state index contributed by atoms with van der Waals surface area (Å²) in [6.45, 7) is 2.13. The molecular weight excluding hydrogens is 314 g/mol. The van der Waals surface area contributed by atoms with Crippen LogP contribution in [0.2, 0.25) is 0 Å². The van der Waals surface area contributed by atoms with Crippen molar-refractivity contribution in [3.05, 3.63) is 41.3 Å². The fraction of sp³-hybridized carbons (Fsp3) is 0.231. The van der Waals surface area contributed by atoms with E-state index in [2.05, 4.69) is 0 Å². The standard InChI is InChI=1S/C13H13NO3S3/c1-10-6-7-13(18-10)20(16,17)14-8-9-19(15)12-5-3-2-4-11(12)14/h2-7H,8-9H2,1H3. The summed E-state index contributed by atoms with van der Waals surface area (Å²) in [6.07, 6.45) is 0. The molecule has 106 valence electrons. The molecule has 0 aliphatic carbocycles. The van der Waals surface area contributed by atoms with Crippen LogP contribution in [0, 0.1) is 6.92 Å². The maximum absolute atomic E-state index is 12.7. The van der Waals surface area contributed by atoms with Crippen LogP contribution >= 0.6 is 11.3 Å². The second-order valence-electron chi connectivity index (χ2n) is 4.46. The van der Waals surface area contributed by atoms with Crippen molar-refractivity contribution in [3.63, 3.8) is 0 Å². The summed E-state index contributed by atoms with van der Waals surface area (Å²) in [4.78, 5) is 1.55. The molecule has 0 saturated heterocycles. The van der Waals surface area contributed by atoms with Gasteiger partial charge >= 0.3 is 0 Å². The lowest BCUT2D eigenvalue weighted by molar-refractivity contribution is 0.593. The van der Waals surface area contributed by atoms with E-state index in [1.807, 2.05) is 6.92 Å². The molecule has 0 bridgehead atoms. The van der Waals surface area contributed by atoms with Gasteiger partial charge in [0.25, 0.3) is 10.0 Å². The third-order valence-corrected chi connectivity index (χ3v) is 7.79. The van der Waals surface area contributed by atoms with E-state index in [1.165, 1.54) is 15.6 Å². The smallest absolute Gasteiger partial charge is 0.264 e. The van der Waals surface area contributed by atoms with Gasteiger partial charge in [0.05, 0.1) is 21.4 Å². The van der Waals surface area contributed by atoms with Gasteiger partial charge in [-0.2, -0.15) is 0 Å². The first-order chi connectivity index (χ1) is 9.50. The van der Waals surface area contributed by atoms with E-state index in [4.69, 9.17) is 0 Å². The van der Waals surface area contributed by atoms with Crippen LogP contribution in [0.25, 0.3) is 0 Å². The molecule has 4 nitrogen and oxygen atoms in total. The Morgan fingerprint density at radius 2 is 1.95 bits per heavy atom. The Balaban J connectivity index is 2.12. The van der Waals surface area contributed by atoms with Crippen molar-refractivity contribution < 1.29 is 12.6 Å². The van der Waals surface area contributed by atoms with E-state index in [-0.39, 0.29) is 6.54 Å². The Morgan fingerprint density at radius 3 is 2.65 bits per heavy atom. The molecule has 1 aliphatic heterocycles. The number of anilines is 1. The van der Waals surface area contributed by atoms with Crippen molar-refractivity contribution in [2.24, 2.45) is 0 Å². The number of sulfonamides is 1. The van der Waals surface area contributed by atoms with Gasteiger partial charge in [-0.15, -0.1) is 11.3 Å². The highest BCUT2D eigenvalue weighted by Gasteiger charge is 2.32. The third kappa shape index (κ3) is 2.19. The van der Waals surface area contributed by atoms with Gasteiger partial charge in [0, 0.05) is 17.2 Å². The molecule has 0 spiro atoms. The number of aryl methyl sites for hydroxylation is 1. The van der Waals surface area contributed by atoms with Crippen LogP contribution in [-0.4, -0.2) is 24.9 Å². The maximum Gasteiger partial charge on any atom is 0.273 e. The number of fused-ring (bicyclic) bond motifs is 1. The molecule has 1 atom stereocenters. The van der Waals surface area contributed by atoms with Crippen molar-refractivity contribution in [3.8, 4) is 0 Å². The minimum absolute atomic E-state index is 0.253. The number of rotatable bonds is 2. The average molecular weight is 327 g/mol. The molecule has 3 rings (SSSR count). The predicted molar refractivity (Wildman–Crippen MR) is 81.3 cm³/mol. The molecule has 0 saturated carbocycles. The van der Waals surface area contributed by atoms with Gasteiger partial charge < -0.3 is 0 Å². The number of hydrogen-bond acceptors (Lipinski definition) is 4. The molecule has 2 heterocycles. The van der Waals surface area contributed by atoms with Gasteiger partial charge in [-0.25, -0.2) is 8.42 Å². The quantitative estimate of drug-likeness (QED) is 0.851. The van der Waals surface area contributed by atoms with E-state index < -0.39 is 20.8 Å². The van der Waals surface area contributed by atoms with E-state index in [0.717, 1.165) is 4.88 Å². The maximum atomic E-state index is 12.7. The predicted octanol–water partition coefficient (Wildman–Crippen LogP) is 2.37. The summed E-state index contributed by atoms with van der Waals surface area (Å²) in [5.74, 6) is 0.334. The minimum Gasteiger partial charge on any atom is -0.264 e. The molecule has 0 N–H and O–H groups in total. The number of thiophene rings is 1. The first-order valence-corrected chi connectivity index (χ1v) is 9.64. The second kappa shape index (κ2) is 4.98. The van der Waals surface area contributed by atoms with Crippen LogP contribution in [0.4, 0.5) is 5.69 Å². The summed E-state index contributed by atoms with van der Waals surface area (Å²) in [6, 6.07) is 10.4. The largest absolute Gasteiger partial charge is 0.273 e. The topological polar surface area (TPSA) is 54.5 Å². The van der Waals surface area contributed by atoms with Crippen LogP contribution in [0.3, 0.4) is 0 Å². The van der Waals surface area contributed by atoms with Crippen LogP contribution < -0.4 is 4.31 Å². The van der Waals surface area contributed by atoms with Gasteiger partial charge in [-0.3, -0.25) is 8.51 Å². The summed E-state index contributed by atoms with van der Waals surface area (Å²) < 4.78 is 39.1. The summed E-state index contributed by atoms with van der Waals surface area (Å²) >= 11 is 1.26. The Morgan fingerprint density at radius 1 is 1.20 bits per heavy atom. The van der Waals surface area contributed by atoms with E-state index in [1.54, 1.807) is 36.4 Å². The molecule has 0 fully saturated rings. The second-order valence-corrected chi connectivity index (χ2v) is 9.38. The first-order valence-electron chi connectivity index (χ1n) is 6.07. The van der Waals surface area contributed by atoms with E-state index in [0.29, 0.717) is 20.5 Å². The summed E-state index contributed by atoms with van der Waals surface area (Å²) in [5, 5.41) is 0. The van der Waals surface area contributed by atoms with Crippen molar-refractivity contribution >= 4 is 37.8 Å². The lowest BCUT2D eigenvalue weighted by Crippen LogP contribution is -2.37. The third-order valence-electron chi connectivity index (χ3n) is 3.12. The molecule has 1 unspecified atom stereocenters. The number of nitrogens with zero attached hydrogens (tertiary/aromatic N) is 1. The number of para-hydroxylation sites is 1. The molecule has 0 amide bonds. The van der Waals surface area contributed by atoms with Crippen LogP contribution in [-0.2, 0) is 20.8 Å². The minimum atomic E-state index is -3.56. The zero-order chi connectivity index (χ0) is 14.3. The molecule has 1 aromatic heterocycles. The van der Waals surface area contributed by atoms with Crippen molar-refractivity contribution in [1.29, 1.82) is 0 Å². The lowest BCUT2D eigenvalue weighted by Gasteiger charge is -2.29. The number of hydrogen-bond donors (Lipinski definition) is 0. The van der Waals surface area contributed by atoms with Gasteiger partial charge in [-0.05, 0) is 31.2 Å². The lowest BCUT2D eigenvalue weighted by atomic mass is 10.3. The Kier molecular flexibility index (Phi) is 3.43. The zero-order valence-electron chi connectivity index (χ0n) is 10.8. The van der Waals surface area contributed by atoms with Crippen molar-refractivity contribution in [1.82, 2.24) is 0 Å². The monoisotopic (exact) mass is 327 g/mol. The highest BCUT2D eigenvalue weighted by molar-refractivity contribution is 7.95. The van der Waals surface area contributed by atoms with Gasteiger partial charge in [0.2, 0.25) is 0 Å². The highest BCUT2D eigenvalue weighted by Crippen LogP contribution is 2.34. The summed E-state index contributed by atoms with van der Waals surface area (Å²) in [7, 11) is -4.69. The Bertz CT molecular complexity index is 780. The Labute approximate surface area is 124 Å².